The zero-order valence-corrected chi connectivity index (χ0v) is 14.2. The lowest BCUT2D eigenvalue weighted by Crippen LogP contribution is -2.32. The Morgan fingerprint density at radius 3 is 2.86 bits per heavy atom. The minimum absolute atomic E-state index is 0.0346. The first-order valence-corrected chi connectivity index (χ1v) is 8.55. The van der Waals surface area contributed by atoms with Gasteiger partial charge in [0.05, 0.1) is 18.0 Å². The van der Waals surface area contributed by atoms with Crippen LogP contribution in [0.3, 0.4) is 0 Å². The standard InChI is InChI=1S/C15H20N2O2S2/c1-8(2)10(7-19-3)17-14(18)12-9-5-4-6-11(9)21-13(12)16-15(17)20/h8,10H,4-7H2,1-3H3,(H,16,20). The summed E-state index contributed by atoms with van der Waals surface area (Å²) in [6.07, 6.45) is 3.24. The SMILES string of the molecule is COCC(C(C)C)n1c(=S)[nH]c2sc3c(c2c1=O)CCC3. The molecule has 1 aliphatic rings. The predicted molar refractivity (Wildman–Crippen MR) is 89.0 cm³/mol. The first kappa shape index (κ1) is 14.9. The van der Waals surface area contributed by atoms with Gasteiger partial charge >= 0.3 is 0 Å². The van der Waals surface area contributed by atoms with Crippen LogP contribution in [-0.4, -0.2) is 23.3 Å². The summed E-state index contributed by atoms with van der Waals surface area (Å²) in [7, 11) is 1.66. The van der Waals surface area contributed by atoms with Gasteiger partial charge in [-0.25, -0.2) is 0 Å². The number of thiophene rings is 1. The smallest absolute Gasteiger partial charge is 0.263 e. The minimum Gasteiger partial charge on any atom is -0.383 e. The monoisotopic (exact) mass is 324 g/mol. The summed E-state index contributed by atoms with van der Waals surface area (Å²) < 4.78 is 7.52. The van der Waals surface area contributed by atoms with Crippen molar-refractivity contribution in [2.75, 3.05) is 13.7 Å². The van der Waals surface area contributed by atoms with Gasteiger partial charge in [0.1, 0.15) is 4.83 Å². The molecule has 0 aromatic carbocycles. The van der Waals surface area contributed by atoms with Gasteiger partial charge in [-0.15, -0.1) is 11.3 Å². The quantitative estimate of drug-likeness (QED) is 0.876. The number of nitrogens with one attached hydrogen (secondary N) is 1. The third-order valence-corrected chi connectivity index (χ3v) is 5.74. The molecule has 2 aromatic rings. The van der Waals surface area contributed by atoms with Gasteiger partial charge in [0.2, 0.25) is 0 Å². The molecule has 0 saturated carbocycles. The van der Waals surface area contributed by atoms with Crippen molar-refractivity contribution in [2.24, 2.45) is 5.92 Å². The lowest BCUT2D eigenvalue weighted by molar-refractivity contribution is 0.130. The molecule has 114 valence electrons. The van der Waals surface area contributed by atoms with Crippen molar-refractivity contribution in [1.82, 2.24) is 9.55 Å². The zero-order chi connectivity index (χ0) is 15.1. The van der Waals surface area contributed by atoms with E-state index in [1.807, 2.05) is 0 Å². The molecule has 1 unspecified atom stereocenters. The van der Waals surface area contributed by atoms with Crippen molar-refractivity contribution in [2.45, 2.75) is 39.2 Å². The van der Waals surface area contributed by atoms with E-state index in [0.717, 1.165) is 29.5 Å². The summed E-state index contributed by atoms with van der Waals surface area (Å²) in [6, 6.07) is -0.0346. The van der Waals surface area contributed by atoms with E-state index in [9.17, 15) is 4.79 Å². The van der Waals surface area contributed by atoms with Crippen LogP contribution in [0.15, 0.2) is 4.79 Å². The highest BCUT2D eigenvalue weighted by atomic mass is 32.1. The molecule has 0 amide bonds. The van der Waals surface area contributed by atoms with Crippen LogP contribution in [0.4, 0.5) is 0 Å². The number of methoxy groups -OCH3 is 1. The molecule has 6 heteroatoms. The zero-order valence-electron chi connectivity index (χ0n) is 12.6. The van der Waals surface area contributed by atoms with E-state index in [4.69, 9.17) is 17.0 Å². The van der Waals surface area contributed by atoms with Crippen LogP contribution >= 0.6 is 23.6 Å². The average Bonchev–Trinajstić information content (AvgIpc) is 2.97. The van der Waals surface area contributed by atoms with Crippen LogP contribution in [0.5, 0.6) is 0 Å². The van der Waals surface area contributed by atoms with Gasteiger partial charge in [-0.1, -0.05) is 13.8 Å². The van der Waals surface area contributed by atoms with Crippen LogP contribution in [0.25, 0.3) is 10.2 Å². The fraction of sp³-hybridized carbons (Fsp3) is 0.600. The van der Waals surface area contributed by atoms with Crippen LogP contribution < -0.4 is 5.56 Å². The van der Waals surface area contributed by atoms with Gasteiger partial charge in [0, 0.05) is 12.0 Å². The second kappa shape index (κ2) is 5.66. The maximum atomic E-state index is 13.0. The van der Waals surface area contributed by atoms with Crippen molar-refractivity contribution in [3.63, 3.8) is 0 Å². The van der Waals surface area contributed by atoms with E-state index in [0.29, 0.717) is 11.4 Å². The van der Waals surface area contributed by atoms with Crippen molar-refractivity contribution < 1.29 is 4.74 Å². The number of H-pyrrole nitrogens is 1. The first-order valence-electron chi connectivity index (χ1n) is 7.32. The van der Waals surface area contributed by atoms with Gasteiger partial charge in [-0.3, -0.25) is 9.36 Å². The Balaban J connectivity index is 2.28. The second-order valence-corrected chi connectivity index (χ2v) is 7.43. The van der Waals surface area contributed by atoms with Gasteiger partial charge in [-0.2, -0.15) is 0 Å². The molecule has 21 heavy (non-hydrogen) atoms. The molecule has 1 atom stereocenters. The fourth-order valence-corrected chi connectivity index (χ4v) is 4.79. The minimum atomic E-state index is -0.0346. The van der Waals surface area contributed by atoms with Gasteiger partial charge in [0.25, 0.3) is 5.56 Å². The topological polar surface area (TPSA) is 47.0 Å². The summed E-state index contributed by atoms with van der Waals surface area (Å²) in [4.78, 5) is 18.6. The number of aromatic nitrogens is 2. The van der Waals surface area contributed by atoms with E-state index in [1.165, 1.54) is 10.4 Å². The molecule has 1 aliphatic carbocycles. The Labute approximate surface area is 132 Å². The maximum absolute atomic E-state index is 13.0. The van der Waals surface area contributed by atoms with Gasteiger partial charge in [-0.05, 0) is 43.0 Å². The number of hydrogen-bond acceptors (Lipinski definition) is 4. The third-order valence-electron chi connectivity index (χ3n) is 4.23. The van der Waals surface area contributed by atoms with E-state index in [1.54, 1.807) is 23.0 Å². The summed E-state index contributed by atoms with van der Waals surface area (Å²) in [5.41, 5.74) is 1.28. The predicted octanol–water partition coefficient (Wildman–Crippen LogP) is 3.45. The lowest BCUT2D eigenvalue weighted by atomic mass is 10.0. The first-order chi connectivity index (χ1) is 10.0. The Kier molecular flexibility index (Phi) is 4.03. The number of hydrogen-bond donors (Lipinski definition) is 1. The molecule has 4 nitrogen and oxygen atoms in total. The molecule has 0 spiro atoms. The molecule has 0 saturated heterocycles. The number of ether oxygens (including phenoxy) is 1. The highest BCUT2D eigenvalue weighted by Crippen LogP contribution is 2.35. The fourth-order valence-electron chi connectivity index (χ4n) is 3.13. The van der Waals surface area contributed by atoms with Crippen molar-refractivity contribution in [3.8, 4) is 0 Å². The van der Waals surface area contributed by atoms with Gasteiger partial charge < -0.3 is 9.72 Å². The lowest BCUT2D eigenvalue weighted by Gasteiger charge is -2.22. The molecule has 2 aromatic heterocycles. The molecular formula is C15H20N2O2S2. The molecular weight excluding hydrogens is 304 g/mol. The van der Waals surface area contributed by atoms with E-state index in [-0.39, 0.29) is 17.5 Å². The van der Waals surface area contributed by atoms with Crippen molar-refractivity contribution in [3.05, 3.63) is 25.6 Å². The Morgan fingerprint density at radius 2 is 2.19 bits per heavy atom. The van der Waals surface area contributed by atoms with Crippen LogP contribution in [-0.2, 0) is 17.6 Å². The maximum Gasteiger partial charge on any atom is 0.263 e. The van der Waals surface area contributed by atoms with Crippen LogP contribution in [0.2, 0.25) is 0 Å². The number of nitrogens with zero attached hydrogens (tertiary/aromatic N) is 1. The Bertz CT molecular complexity index is 785. The summed E-state index contributed by atoms with van der Waals surface area (Å²) in [5, 5.41) is 0.850. The molecule has 3 rings (SSSR count). The summed E-state index contributed by atoms with van der Waals surface area (Å²) in [6.45, 7) is 4.67. The Hall–Kier alpha value is -0.980. The molecule has 1 N–H and O–H groups in total. The average molecular weight is 324 g/mol. The van der Waals surface area contributed by atoms with Crippen molar-refractivity contribution >= 4 is 33.8 Å². The number of rotatable bonds is 4. The third kappa shape index (κ3) is 2.39. The van der Waals surface area contributed by atoms with Crippen molar-refractivity contribution in [1.29, 1.82) is 0 Å². The van der Waals surface area contributed by atoms with Crippen LogP contribution in [0, 0.1) is 10.7 Å². The van der Waals surface area contributed by atoms with E-state index >= 15 is 0 Å². The number of aromatic amines is 1. The normalized spacial score (nSPS) is 15.8. The van der Waals surface area contributed by atoms with E-state index < -0.39 is 0 Å². The molecule has 0 bridgehead atoms. The van der Waals surface area contributed by atoms with Crippen LogP contribution in [0.1, 0.15) is 36.8 Å². The highest BCUT2D eigenvalue weighted by Gasteiger charge is 2.24. The molecule has 2 heterocycles. The van der Waals surface area contributed by atoms with Gasteiger partial charge in [0.15, 0.2) is 4.77 Å². The highest BCUT2D eigenvalue weighted by molar-refractivity contribution is 7.71. The summed E-state index contributed by atoms with van der Waals surface area (Å²) >= 11 is 7.13. The Morgan fingerprint density at radius 1 is 1.43 bits per heavy atom. The van der Waals surface area contributed by atoms with E-state index in [2.05, 4.69) is 18.8 Å². The second-order valence-electron chi connectivity index (χ2n) is 5.93. The molecule has 0 aliphatic heterocycles. The molecule has 0 fully saturated rings. The number of fused-ring (bicyclic) bond motifs is 3. The number of aryl methyl sites for hydroxylation is 2. The largest absolute Gasteiger partial charge is 0.383 e. The molecule has 0 radical (unpaired) electrons. The summed E-state index contributed by atoms with van der Waals surface area (Å²) in [5.74, 6) is 0.280.